The lowest BCUT2D eigenvalue weighted by Crippen LogP contribution is -2.57. The zero-order chi connectivity index (χ0) is 25.1. The van der Waals surface area contributed by atoms with E-state index in [0.717, 1.165) is 56.0 Å². The average Bonchev–Trinajstić information content (AvgIpc) is 2.79. The van der Waals surface area contributed by atoms with Crippen LogP contribution in [0.2, 0.25) is 0 Å². The Labute approximate surface area is 201 Å². The number of rotatable bonds is 6. The van der Waals surface area contributed by atoms with Crippen molar-refractivity contribution < 1.29 is 23.0 Å². The molecule has 0 amide bonds. The maximum Gasteiger partial charge on any atom is 0.303 e. The van der Waals surface area contributed by atoms with Crippen molar-refractivity contribution in [2.24, 2.45) is 0 Å². The van der Waals surface area contributed by atoms with Gasteiger partial charge in [0.15, 0.2) is 5.82 Å². The van der Waals surface area contributed by atoms with Crippen molar-refractivity contribution in [2.75, 3.05) is 23.3 Å². The van der Waals surface area contributed by atoms with Gasteiger partial charge in [-0.05, 0) is 39.8 Å². The molecule has 3 aliphatic rings. The first-order valence-corrected chi connectivity index (χ1v) is 11.6. The highest BCUT2D eigenvalue weighted by molar-refractivity contribution is 5.94. The quantitative estimate of drug-likeness (QED) is 0.530. The highest BCUT2D eigenvalue weighted by Gasteiger charge is 2.49. The minimum absolute atomic E-state index is 0.0319. The molecule has 6 rings (SSSR count). The first-order chi connectivity index (χ1) is 16.5. The molecule has 7 nitrogen and oxygen atoms in total. The molecule has 3 aromatic rings. The zero-order valence-corrected chi connectivity index (χ0v) is 20.0. The number of hydrogen-bond acceptors (Lipinski definition) is 7. The molecular formula is C25H28F3N5O2. The van der Waals surface area contributed by atoms with Crippen LogP contribution in [0.25, 0.3) is 10.8 Å². The molecule has 2 bridgehead atoms. The van der Waals surface area contributed by atoms with Crippen molar-refractivity contribution in [2.45, 2.75) is 63.9 Å². The number of halogens is 3. The number of aliphatic hydroxyl groups is 1. The Bertz CT molecular complexity index is 1260. The monoisotopic (exact) mass is 487 g/mol. The Morgan fingerprint density at radius 3 is 2.51 bits per heavy atom. The fraction of sp³-hybridized carbons (Fsp3) is 0.480. The zero-order valence-electron chi connectivity index (χ0n) is 20.0. The van der Waals surface area contributed by atoms with Crippen LogP contribution in [0.1, 0.15) is 50.1 Å². The highest BCUT2D eigenvalue weighted by atomic mass is 19.3. The topological polar surface area (TPSA) is 83.4 Å². The van der Waals surface area contributed by atoms with E-state index in [2.05, 4.69) is 25.4 Å². The molecule has 3 saturated heterocycles. The van der Waals surface area contributed by atoms with E-state index in [1.807, 2.05) is 13.0 Å². The Hall–Kier alpha value is -2.98. The number of pyridine rings is 1. The van der Waals surface area contributed by atoms with Gasteiger partial charge >= 0.3 is 5.92 Å². The predicted molar refractivity (Wildman–Crippen MR) is 126 cm³/mol. The van der Waals surface area contributed by atoms with Gasteiger partial charge in [-0.25, -0.2) is 9.37 Å². The van der Waals surface area contributed by atoms with Gasteiger partial charge in [-0.15, -0.1) is 5.10 Å². The SMILES string of the molecule is Cc1nnc(NC(C)c2cccc(C(F)(F)C(C)(C)O)c2F)c2cc(N3CC4CC(C3)O4)ncc12. The number of hydrogen-bond donors (Lipinski definition) is 2. The van der Waals surface area contributed by atoms with Crippen LogP contribution in [-0.2, 0) is 10.7 Å². The molecule has 3 fully saturated rings. The standard InChI is InChI=1S/C25H28F3N5O2/c1-13(17-6-5-7-20(22(17)26)25(27,28)24(3,4)34)30-23-18-9-21(29-10-19(18)14(2)31-32-23)33-11-15-8-16(12-33)35-15/h5-7,9-10,13,15-16,34H,8,11-12H2,1-4H3,(H,30,32). The smallest absolute Gasteiger partial charge is 0.303 e. The molecule has 3 atom stereocenters. The third-order valence-electron chi connectivity index (χ3n) is 6.87. The van der Waals surface area contributed by atoms with Crippen LogP contribution in [0, 0.1) is 12.7 Å². The summed E-state index contributed by atoms with van der Waals surface area (Å²) < 4.78 is 50.5. The van der Waals surface area contributed by atoms with E-state index in [1.165, 1.54) is 12.1 Å². The van der Waals surface area contributed by atoms with Gasteiger partial charge in [-0.2, -0.15) is 13.9 Å². The minimum atomic E-state index is -3.78. The molecule has 2 N–H and O–H groups in total. The summed E-state index contributed by atoms with van der Waals surface area (Å²) in [6.07, 6.45) is 3.25. The van der Waals surface area contributed by atoms with Crippen LogP contribution in [0.4, 0.5) is 24.8 Å². The Kier molecular flexibility index (Phi) is 5.63. The highest BCUT2D eigenvalue weighted by Crippen LogP contribution is 2.41. The number of anilines is 2. The lowest BCUT2D eigenvalue weighted by atomic mass is 9.91. The molecule has 3 unspecified atom stereocenters. The molecule has 0 aliphatic carbocycles. The Morgan fingerprint density at radius 2 is 1.86 bits per heavy atom. The summed E-state index contributed by atoms with van der Waals surface area (Å²) in [6.45, 7) is 6.93. The lowest BCUT2D eigenvalue weighted by Gasteiger charge is -2.47. The van der Waals surface area contributed by atoms with Crippen LogP contribution < -0.4 is 10.2 Å². The number of nitrogens with zero attached hydrogens (tertiary/aromatic N) is 4. The number of aryl methyl sites for hydroxylation is 1. The van der Waals surface area contributed by atoms with Gasteiger partial charge in [0, 0.05) is 42.0 Å². The number of fused-ring (bicyclic) bond motifs is 3. The Balaban J connectivity index is 1.48. The first-order valence-electron chi connectivity index (χ1n) is 11.6. The Morgan fingerprint density at radius 1 is 1.17 bits per heavy atom. The molecule has 5 heterocycles. The third-order valence-corrected chi connectivity index (χ3v) is 6.87. The molecule has 0 spiro atoms. The van der Waals surface area contributed by atoms with E-state index in [4.69, 9.17) is 4.74 Å². The number of ether oxygens (including phenoxy) is 1. The van der Waals surface area contributed by atoms with Crippen molar-refractivity contribution in [3.8, 4) is 0 Å². The molecular weight excluding hydrogens is 459 g/mol. The van der Waals surface area contributed by atoms with Crippen LogP contribution >= 0.6 is 0 Å². The fourth-order valence-electron chi connectivity index (χ4n) is 4.72. The minimum Gasteiger partial charge on any atom is -0.384 e. The van der Waals surface area contributed by atoms with Gasteiger partial charge in [0.25, 0.3) is 0 Å². The predicted octanol–water partition coefficient (Wildman–Crippen LogP) is 4.49. The average molecular weight is 488 g/mol. The second-order valence-electron chi connectivity index (χ2n) is 9.95. The normalized spacial score (nSPS) is 21.1. The molecule has 1 aromatic carbocycles. The number of alkyl halides is 2. The number of piperidine rings is 1. The summed E-state index contributed by atoms with van der Waals surface area (Å²) in [5.74, 6) is -3.66. The second kappa shape index (κ2) is 8.30. The third kappa shape index (κ3) is 4.08. The van der Waals surface area contributed by atoms with Crippen LogP contribution in [-0.4, -0.2) is 51.2 Å². The van der Waals surface area contributed by atoms with Crippen molar-refractivity contribution in [1.82, 2.24) is 15.2 Å². The lowest BCUT2D eigenvalue weighted by molar-refractivity contribution is -0.170. The van der Waals surface area contributed by atoms with E-state index in [1.54, 1.807) is 13.1 Å². The summed E-state index contributed by atoms with van der Waals surface area (Å²) in [5, 5.41) is 23.1. The summed E-state index contributed by atoms with van der Waals surface area (Å²) in [7, 11) is 0. The van der Waals surface area contributed by atoms with Crippen molar-refractivity contribution in [3.05, 3.63) is 53.1 Å². The molecule has 2 aromatic heterocycles. The first kappa shape index (κ1) is 23.7. The molecule has 3 aliphatic heterocycles. The molecule has 35 heavy (non-hydrogen) atoms. The van der Waals surface area contributed by atoms with Crippen molar-refractivity contribution in [3.63, 3.8) is 0 Å². The van der Waals surface area contributed by atoms with Gasteiger partial charge in [-0.3, -0.25) is 0 Å². The van der Waals surface area contributed by atoms with E-state index in [-0.39, 0.29) is 17.8 Å². The van der Waals surface area contributed by atoms with Crippen molar-refractivity contribution in [1.29, 1.82) is 0 Å². The molecule has 0 radical (unpaired) electrons. The maximum atomic E-state index is 15.3. The maximum absolute atomic E-state index is 15.3. The number of nitrogens with one attached hydrogen (secondary N) is 1. The largest absolute Gasteiger partial charge is 0.384 e. The van der Waals surface area contributed by atoms with Crippen LogP contribution in [0.15, 0.2) is 30.5 Å². The van der Waals surface area contributed by atoms with E-state index < -0.39 is 28.9 Å². The van der Waals surface area contributed by atoms with E-state index in [0.29, 0.717) is 11.5 Å². The van der Waals surface area contributed by atoms with Gasteiger partial charge in [0.05, 0.1) is 29.5 Å². The van der Waals surface area contributed by atoms with Gasteiger partial charge < -0.3 is 20.1 Å². The summed E-state index contributed by atoms with van der Waals surface area (Å²) in [5.41, 5.74) is -2.55. The second-order valence-corrected chi connectivity index (χ2v) is 9.95. The van der Waals surface area contributed by atoms with Gasteiger partial charge in [0.2, 0.25) is 0 Å². The summed E-state index contributed by atoms with van der Waals surface area (Å²) in [6, 6.07) is 5.01. The van der Waals surface area contributed by atoms with E-state index in [9.17, 15) is 13.9 Å². The summed E-state index contributed by atoms with van der Waals surface area (Å²) >= 11 is 0. The fourth-order valence-corrected chi connectivity index (χ4v) is 4.72. The number of aromatic nitrogens is 3. The van der Waals surface area contributed by atoms with E-state index >= 15 is 4.39 Å². The van der Waals surface area contributed by atoms with Gasteiger partial charge in [0.1, 0.15) is 17.2 Å². The molecule has 186 valence electrons. The van der Waals surface area contributed by atoms with Crippen molar-refractivity contribution >= 4 is 22.4 Å². The van der Waals surface area contributed by atoms with Crippen LogP contribution in [0.5, 0.6) is 0 Å². The van der Waals surface area contributed by atoms with Gasteiger partial charge in [-0.1, -0.05) is 12.1 Å². The molecule has 0 saturated carbocycles. The number of morpholine rings is 1. The van der Waals surface area contributed by atoms with Crippen LogP contribution in [0.3, 0.4) is 0 Å². The number of benzene rings is 1. The summed E-state index contributed by atoms with van der Waals surface area (Å²) in [4.78, 5) is 6.78. The molecule has 10 heteroatoms.